The number of carbonyl (C=O) groups is 1. The number of amides is 1. The molecule has 0 atom stereocenters. The first-order valence-electron chi connectivity index (χ1n) is 5.96. The van der Waals surface area contributed by atoms with Gasteiger partial charge in [0.1, 0.15) is 0 Å². The molecule has 0 radical (unpaired) electrons. The molecule has 0 aliphatic carbocycles. The predicted molar refractivity (Wildman–Crippen MR) is 68.8 cm³/mol. The molecule has 1 aromatic rings. The van der Waals surface area contributed by atoms with Gasteiger partial charge in [-0.3, -0.25) is 4.79 Å². The second kappa shape index (κ2) is 6.06. The minimum absolute atomic E-state index is 0.165. The summed E-state index contributed by atoms with van der Waals surface area (Å²) in [5.74, 6) is -3.11. The molecular formula is C13H19F2N3O. The zero-order valence-electron chi connectivity index (χ0n) is 11.6. The van der Waals surface area contributed by atoms with Crippen molar-refractivity contribution in [2.75, 3.05) is 27.2 Å². The normalized spacial score (nSPS) is 11.7. The Morgan fingerprint density at radius 3 is 2.63 bits per heavy atom. The van der Waals surface area contributed by atoms with Crippen molar-refractivity contribution in [1.82, 2.24) is 15.2 Å². The monoisotopic (exact) mass is 271 g/mol. The molecule has 0 aromatic carbocycles. The molecule has 6 heteroatoms. The van der Waals surface area contributed by atoms with Crippen LogP contribution < -0.4 is 5.32 Å². The van der Waals surface area contributed by atoms with E-state index in [1.807, 2.05) is 32.8 Å². The van der Waals surface area contributed by atoms with Crippen molar-refractivity contribution in [1.29, 1.82) is 0 Å². The van der Waals surface area contributed by atoms with Gasteiger partial charge in [-0.1, -0.05) is 13.8 Å². The number of hydrogen-bond donors (Lipinski definition) is 1. The van der Waals surface area contributed by atoms with E-state index in [0.717, 1.165) is 18.8 Å². The van der Waals surface area contributed by atoms with Crippen LogP contribution in [0, 0.1) is 17.2 Å². The number of rotatable bonds is 5. The van der Waals surface area contributed by atoms with E-state index >= 15 is 0 Å². The molecule has 19 heavy (non-hydrogen) atoms. The minimum atomic E-state index is -1.26. The Kier molecular flexibility index (Phi) is 4.94. The second-order valence-electron chi connectivity index (χ2n) is 5.55. The zero-order valence-corrected chi connectivity index (χ0v) is 11.6. The number of carbonyl (C=O) groups excluding carboxylic acids is 1. The number of hydrogen-bond acceptors (Lipinski definition) is 3. The molecule has 4 nitrogen and oxygen atoms in total. The second-order valence-corrected chi connectivity index (χ2v) is 5.55. The molecular weight excluding hydrogens is 252 g/mol. The Morgan fingerprint density at radius 1 is 1.42 bits per heavy atom. The van der Waals surface area contributed by atoms with Crippen molar-refractivity contribution in [3.63, 3.8) is 0 Å². The van der Waals surface area contributed by atoms with E-state index in [1.165, 1.54) is 0 Å². The quantitative estimate of drug-likeness (QED) is 0.829. The number of pyridine rings is 1. The average Bonchev–Trinajstić information content (AvgIpc) is 2.28. The van der Waals surface area contributed by atoms with Gasteiger partial charge < -0.3 is 10.2 Å². The van der Waals surface area contributed by atoms with Gasteiger partial charge in [-0.25, -0.2) is 9.37 Å². The highest BCUT2D eigenvalue weighted by molar-refractivity contribution is 5.94. The third-order valence-corrected chi connectivity index (χ3v) is 2.56. The first-order valence-corrected chi connectivity index (χ1v) is 5.96. The molecule has 0 saturated heterocycles. The van der Waals surface area contributed by atoms with Gasteiger partial charge in [0.15, 0.2) is 5.82 Å². The van der Waals surface area contributed by atoms with Crippen LogP contribution in [0.25, 0.3) is 0 Å². The maximum Gasteiger partial charge on any atom is 0.254 e. The Balaban J connectivity index is 2.68. The van der Waals surface area contributed by atoms with Gasteiger partial charge >= 0.3 is 0 Å². The lowest BCUT2D eigenvalue weighted by molar-refractivity contribution is 0.0923. The third-order valence-electron chi connectivity index (χ3n) is 2.56. The number of nitrogens with zero attached hydrogens (tertiary/aromatic N) is 2. The van der Waals surface area contributed by atoms with Crippen molar-refractivity contribution < 1.29 is 13.6 Å². The van der Waals surface area contributed by atoms with E-state index in [4.69, 9.17) is 0 Å². The molecule has 1 heterocycles. The van der Waals surface area contributed by atoms with Crippen LogP contribution in [0.4, 0.5) is 8.78 Å². The average molecular weight is 271 g/mol. The molecule has 1 N–H and O–H groups in total. The summed E-state index contributed by atoms with van der Waals surface area (Å²) in [6.07, 6.45) is 1.07. The first-order chi connectivity index (χ1) is 8.73. The molecule has 0 aliphatic rings. The van der Waals surface area contributed by atoms with E-state index in [-0.39, 0.29) is 11.0 Å². The highest BCUT2D eigenvalue weighted by Crippen LogP contribution is 2.15. The number of nitrogens with one attached hydrogen (secondary N) is 1. The molecule has 106 valence electrons. The zero-order chi connectivity index (χ0) is 14.6. The summed E-state index contributed by atoms with van der Waals surface area (Å²) < 4.78 is 26.3. The molecule has 0 saturated carbocycles. The lowest BCUT2D eigenvalue weighted by Crippen LogP contribution is -2.40. The van der Waals surface area contributed by atoms with Gasteiger partial charge in [0.25, 0.3) is 5.91 Å². The molecule has 0 bridgehead atoms. The van der Waals surface area contributed by atoms with E-state index in [1.54, 1.807) is 0 Å². The van der Waals surface area contributed by atoms with Crippen LogP contribution in [0.1, 0.15) is 24.2 Å². The van der Waals surface area contributed by atoms with E-state index in [2.05, 4.69) is 10.3 Å². The fourth-order valence-electron chi connectivity index (χ4n) is 1.92. The predicted octanol–water partition coefficient (Wildman–Crippen LogP) is 1.68. The third kappa shape index (κ3) is 4.55. The molecule has 0 aliphatic heterocycles. The van der Waals surface area contributed by atoms with Gasteiger partial charge in [0, 0.05) is 19.3 Å². The Labute approximate surface area is 111 Å². The standard InChI is InChI=1S/C13H19F2N3O/c1-13(2,8-18(3)4)7-17-12(19)9-5-6-16-11(15)10(9)14/h5-6H,7-8H2,1-4H3,(H,17,19). The van der Waals surface area contributed by atoms with E-state index in [9.17, 15) is 13.6 Å². The Bertz CT molecular complexity index is 461. The summed E-state index contributed by atoms with van der Waals surface area (Å²) in [6.45, 7) is 5.10. The maximum atomic E-state index is 13.4. The summed E-state index contributed by atoms with van der Waals surface area (Å²) in [6, 6.07) is 1.16. The van der Waals surface area contributed by atoms with Gasteiger partial charge in [-0.15, -0.1) is 0 Å². The van der Waals surface area contributed by atoms with Crippen LogP contribution >= 0.6 is 0 Å². The SMILES string of the molecule is CN(C)CC(C)(C)CNC(=O)c1ccnc(F)c1F. The fraction of sp³-hybridized carbons (Fsp3) is 0.538. The van der Waals surface area contributed by atoms with Crippen molar-refractivity contribution in [3.05, 3.63) is 29.6 Å². The molecule has 1 amide bonds. The van der Waals surface area contributed by atoms with E-state index in [0.29, 0.717) is 6.54 Å². The van der Waals surface area contributed by atoms with Gasteiger partial charge in [-0.2, -0.15) is 4.39 Å². The lowest BCUT2D eigenvalue weighted by atomic mass is 9.93. The summed E-state index contributed by atoms with van der Waals surface area (Å²) in [5.41, 5.74) is -0.491. The molecule has 0 spiro atoms. The maximum absolute atomic E-state index is 13.4. The summed E-state index contributed by atoms with van der Waals surface area (Å²) >= 11 is 0. The molecule has 1 aromatic heterocycles. The number of aromatic nitrogens is 1. The molecule has 1 rings (SSSR count). The van der Waals surface area contributed by atoms with Gasteiger partial charge in [-0.05, 0) is 25.6 Å². The summed E-state index contributed by atoms with van der Waals surface area (Å²) in [5, 5.41) is 2.61. The smallest absolute Gasteiger partial charge is 0.254 e. The van der Waals surface area contributed by atoms with E-state index < -0.39 is 17.7 Å². The largest absolute Gasteiger partial charge is 0.351 e. The summed E-state index contributed by atoms with van der Waals surface area (Å²) in [4.78, 5) is 16.9. The van der Waals surface area contributed by atoms with Crippen molar-refractivity contribution >= 4 is 5.91 Å². The summed E-state index contributed by atoms with van der Waals surface area (Å²) in [7, 11) is 3.86. The van der Waals surface area contributed by atoms with Crippen LogP contribution in [0.15, 0.2) is 12.3 Å². The van der Waals surface area contributed by atoms with Crippen LogP contribution in [-0.4, -0.2) is 43.0 Å². The Hall–Kier alpha value is -1.56. The topological polar surface area (TPSA) is 45.2 Å². The van der Waals surface area contributed by atoms with Crippen molar-refractivity contribution in [2.45, 2.75) is 13.8 Å². The van der Waals surface area contributed by atoms with Crippen molar-refractivity contribution in [3.8, 4) is 0 Å². The first kappa shape index (κ1) is 15.5. The molecule has 0 fully saturated rings. The van der Waals surface area contributed by atoms with Gasteiger partial charge in [0.05, 0.1) is 5.56 Å². The van der Waals surface area contributed by atoms with Crippen LogP contribution in [0.5, 0.6) is 0 Å². The highest BCUT2D eigenvalue weighted by atomic mass is 19.2. The lowest BCUT2D eigenvalue weighted by Gasteiger charge is -2.28. The fourth-order valence-corrected chi connectivity index (χ4v) is 1.92. The van der Waals surface area contributed by atoms with Gasteiger partial charge in [0.2, 0.25) is 5.95 Å². The Morgan fingerprint density at radius 2 is 2.05 bits per heavy atom. The van der Waals surface area contributed by atoms with Crippen LogP contribution in [-0.2, 0) is 0 Å². The van der Waals surface area contributed by atoms with Crippen molar-refractivity contribution in [2.24, 2.45) is 5.41 Å². The number of halogens is 2. The minimum Gasteiger partial charge on any atom is -0.351 e. The van der Waals surface area contributed by atoms with Crippen LogP contribution in [0.3, 0.4) is 0 Å². The molecule has 0 unspecified atom stereocenters. The van der Waals surface area contributed by atoms with Crippen LogP contribution in [0.2, 0.25) is 0 Å². The highest BCUT2D eigenvalue weighted by Gasteiger charge is 2.22.